The van der Waals surface area contributed by atoms with Crippen molar-refractivity contribution in [2.24, 2.45) is 11.7 Å². The molecule has 0 bridgehead atoms. The maximum Gasteiger partial charge on any atom is 0.325 e. The van der Waals surface area contributed by atoms with E-state index in [1.165, 1.54) is 26.4 Å². The Morgan fingerprint density at radius 1 is 1.44 bits per heavy atom. The first-order valence-corrected chi connectivity index (χ1v) is 6.94. The molecule has 0 saturated heterocycles. The summed E-state index contributed by atoms with van der Waals surface area (Å²) in [5.74, 6) is 0.424. The van der Waals surface area contributed by atoms with Crippen molar-refractivity contribution in [1.29, 1.82) is 0 Å². The Kier molecular flexibility index (Phi) is 6.09. The van der Waals surface area contributed by atoms with E-state index >= 15 is 0 Å². The number of nitrogens with two attached hydrogens (primary N) is 1. The Labute approximate surface area is 110 Å². The molecule has 1 fully saturated rings. The van der Waals surface area contributed by atoms with Gasteiger partial charge < -0.3 is 15.2 Å². The highest BCUT2D eigenvalue weighted by Crippen LogP contribution is 2.26. The predicted molar refractivity (Wildman–Crippen MR) is 71.2 cm³/mol. The summed E-state index contributed by atoms with van der Waals surface area (Å²) in [5.41, 5.74) is 4.99. The van der Waals surface area contributed by atoms with Gasteiger partial charge in [0.2, 0.25) is 0 Å². The molecule has 3 atom stereocenters. The lowest BCUT2D eigenvalue weighted by Crippen LogP contribution is -2.45. The topological polar surface area (TPSA) is 61.5 Å². The van der Waals surface area contributed by atoms with E-state index in [1.807, 2.05) is 0 Å². The van der Waals surface area contributed by atoms with E-state index in [4.69, 9.17) is 10.5 Å². The molecule has 1 saturated carbocycles. The van der Waals surface area contributed by atoms with Gasteiger partial charge in [-0.25, -0.2) is 0 Å². The van der Waals surface area contributed by atoms with Gasteiger partial charge in [0.05, 0.1) is 13.2 Å². The number of rotatable bonds is 6. The SMILES string of the molecule is COC(=O)C(C)(N)CCCOC1CCCC(C)C1. The van der Waals surface area contributed by atoms with Gasteiger partial charge in [-0.3, -0.25) is 4.79 Å². The van der Waals surface area contributed by atoms with E-state index in [2.05, 4.69) is 11.7 Å². The third kappa shape index (κ3) is 4.94. The number of esters is 1. The summed E-state index contributed by atoms with van der Waals surface area (Å²) in [5, 5.41) is 0. The molecule has 2 N–H and O–H groups in total. The molecule has 4 heteroatoms. The van der Waals surface area contributed by atoms with Crippen molar-refractivity contribution in [2.45, 2.75) is 64.0 Å². The molecule has 106 valence electrons. The van der Waals surface area contributed by atoms with Gasteiger partial charge in [0.25, 0.3) is 0 Å². The second kappa shape index (κ2) is 7.10. The zero-order valence-electron chi connectivity index (χ0n) is 11.9. The summed E-state index contributed by atoms with van der Waals surface area (Å²) in [6, 6.07) is 0. The number of carbonyl (C=O) groups excluding carboxylic acids is 1. The minimum absolute atomic E-state index is 0.353. The molecule has 1 rings (SSSR count). The van der Waals surface area contributed by atoms with Crippen LogP contribution in [-0.4, -0.2) is 31.3 Å². The Bertz CT molecular complexity index is 266. The first kappa shape index (κ1) is 15.4. The van der Waals surface area contributed by atoms with Gasteiger partial charge in [-0.2, -0.15) is 0 Å². The molecule has 4 nitrogen and oxygen atoms in total. The molecule has 1 aliphatic carbocycles. The minimum Gasteiger partial charge on any atom is -0.468 e. The van der Waals surface area contributed by atoms with Crippen LogP contribution in [0.25, 0.3) is 0 Å². The van der Waals surface area contributed by atoms with Gasteiger partial charge in [0.15, 0.2) is 0 Å². The lowest BCUT2D eigenvalue weighted by atomic mass is 9.89. The van der Waals surface area contributed by atoms with Crippen LogP contribution >= 0.6 is 0 Å². The zero-order valence-corrected chi connectivity index (χ0v) is 11.9. The van der Waals surface area contributed by atoms with Gasteiger partial charge >= 0.3 is 5.97 Å². The molecule has 0 amide bonds. The van der Waals surface area contributed by atoms with Crippen molar-refractivity contribution in [3.63, 3.8) is 0 Å². The van der Waals surface area contributed by atoms with Crippen LogP contribution in [0.2, 0.25) is 0 Å². The van der Waals surface area contributed by atoms with Crippen LogP contribution in [0.15, 0.2) is 0 Å². The molecule has 0 aromatic carbocycles. The highest BCUT2D eigenvalue weighted by Gasteiger charge is 2.28. The fourth-order valence-electron chi connectivity index (χ4n) is 2.55. The summed E-state index contributed by atoms with van der Waals surface area (Å²) in [4.78, 5) is 11.4. The van der Waals surface area contributed by atoms with Crippen LogP contribution in [0.1, 0.15) is 52.4 Å². The Morgan fingerprint density at radius 2 is 2.17 bits per heavy atom. The quantitative estimate of drug-likeness (QED) is 0.585. The lowest BCUT2D eigenvalue weighted by Gasteiger charge is -2.27. The molecular formula is C14H27NO3. The fraction of sp³-hybridized carbons (Fsp3) is 0.929. The first-order valence-electron chi connectivity index (χ1n) is 6.94. The largest absolute Gasteiger partial charge is 0.468 e. The highest BCUT2D eigenvalue weighted by molar-refractivity contribution is 5.79. The number of ether oxygens (including phenoxy) is 2. The molecule has 0 heterocycles. The Balaban J connectivity index is 2.16. The highest BCUT2D eigenvalue weighted by atomic mass is 16.5. The fourth-order valence-corrected chi connectivity index (χ4v) is 2.55. The Hall–Kier alpha value is -0.610. The van der Waals surface area contributed by atoms with Crippen LogP contribution < -0.4 is 5.73 Å². The first-order chi connectivity index (χ1) is 8.45. The van der Waals surface area contributed by atoms with Crippen molar-refractivity contribution in [2.75, 3.05) is 13.7 Å². The summed E-state index contributed by atoms with van der Waals surface area (Å²) < 4.78 is 10.5. The molecule has 0 spiro atoms. The van der Waals surface area contributed by atoms with Crippen LogP contribution in [-0.2, 0) is 14.3 Å². The van der Waals surface area contributed by atoms with Crippen LogP contribution in [0, 0.1) is 5.92 Å². The van der Waals surface area contributed by atoms with Gasteiger partial charge in [-0.05, 0) is 38.5 Å². The third-order valence-corrected chi connectivity index (χ3v) is 3.73. The maximum atomic E-state index is 11.4. The van der Waals surface area contributed by atoms with Gasteiger partial charge in [-0.15, -0.1) is 0 Å². The lowest BCUT2D eigenvalue weighted by molar-refractivity contribution is -0.146. The van der Waals surface area contributed by atoms with E-state index in [1.54, 1.807) is 6.92 Å². The van der Waals surface area contributed by atoms with Crippen molar-refractivity contribution in [1.82, 2.24) is 0 Å². The average molecular weight is 257 g/mol. The molecule has 0 radical (unpaired) electrons. The number of methoxy groups -OCH3 is 1. The predicted octanol–water partition coefficient (Wildman–Crippen LogP) is 2.25. The molecule has 18 heavy (non-hydrogen) atoms. The molecule has 0 aliphatic heterocycles. The molecule has 1 aliphatic rings. The van der Waals surface area contributed by atoms with Crippen LogP contribution in [0.4, 0.5) is 0 Å². The standard InChI is InChI=1S/C14H27NO3/c1-11-6-4-7-12(10-11)18-9-5-8-14(2,15)13(16)17-3/h11-12H,4-10,15H2,1-3H3. The average Bonchev–Trinajstić information content (AvgIpc) is 2.33. The second-order valence-electron chi connectivity index (χ2n) is 5.78. The third-order valence-electron chi connectivity index (χ3n) is 3.73. The van der Waals surface area contributed by atoms with E-state index in [0.29, 0.717) is 19.1 Å². The van der Waals surface area contributed by atoms with Gasteiger partial charge in [-0.1, -0.05) is 19.8 Å². The van der Waals surface area contributed by atoms with Gasteiger partial charge in [0.1, 0.15) is 5.54 Å². The molecule has 0 aromatic heterocycles. The smallest absolute Gasteiger partial charge is 0.325 e. The maximum absolute atomic E-state index is 11.4. The summed E-state index contributed by atoms with van der Waals surface area (Å²) in [6.45, 7) is 4.67. The number of carbonyl (C=O) groups is 1. The minimum atomic E-state index is -0.891. The van der Waals surface area contributed by atoms with Crippen LogP contribution in [0.3, 0.4) is 0 Å². The van der Waals surface area contributed by atoms with E-state index in [9.17, 15) is 4.79 Å². The van der Waals surface area contributed by atoms with Crippen molar-refractivity contribution >= 4 is 5.97 Å². The molecule has 0 aromatic rings. The van der Waals surface area contributed by atoms with Gasteiger partial charge in [0, 0.05) is 6.61 Å². The Morgan fingerprint density at radius 3 is 2.78 bits per heavy atom. The molecule has 3 unspecified atom stereocenters. The second-order valence-corrected chi connectivity index (χ2v) is 5.78. The van der Waals surface area contributed by atoms with Crippen molar-refractivity contribution in [3.8, 4) is 0 Å². The molecular weight excluding hydrogens is 230 g/mol. The zero-order chi connectivity index (χ0) is 13.6. The summed E-state index contributed by atoms with van der Waals surface area (Å²) >= 11 is 0. The number of hydrogen-bond acceptors (Lipinski definition) is 4. The summed E-state index contributed by atoms with van der Waals surface area (Å²) in [7, 11) is 1.37. The monoisotopic (exact) mass is 257 g/mol. The van der Waals surface area contributed by atoms with E-state index in [-0.39, 0.29) is 5.97 Å². The van der Waals surface area contributed by atoms with E-state index in [0.717, 1.165) is 18.8 Å². The van der Waals surface area contributed by atoms with E-state index < -0.39 is 5.54 Å². The number of hydrogen-bond donors (Lipinski definition) is 1. The summed E-state index contributed by atoms with van der Waals surface area (Å²) in [6.07, 6.45) is 6.72. The van der Waals surface area contributed by atoms with Crippen molar-refractivity contribution < 1.29 is 14.3 Å². The van der Waals surface area contributed by atoms with Crippen molar-refractivity contribution in [3.05, 3.63) is 0 Å². The van der Waals surface area contributed by atoms with Crippen LogP contribution in [0.5, 0.6) is 0 Å². The normalized spacial score (nSPS) is 27.6.